The van der Waals surface area contributed by atoms with E-state index in [2.05, 4.69) is 24.0 Å². The summed E-state index contributed by atoms with van der Waals surface area (Å²) in [7, 11) is 3.82. The maximum atomic E-state index is 13.1. The number of carbonyl (C=O) groups excluding carboxylic acids is 1. The molecule has 0 unspecified atom stereocenters. The first kappa shape index (κ1) is 17.9. The Labute approximate surface area is 139 Å². The van der Waals surface area contributed by atoms with Crippen LogP contribution < -0.4 is 0 Å². The minimum atomic E-state index is 0.0939. The molecule has 23 heavy (non-hydrogen) atoms. The van der Waals surface area contributed by atoms with E-state index in [9.17, 15) is 4.79 Å². The van der Waals surface area contributed by atoms with Gasteiger partial charge in [0.05, 0.1) is 18.4 Å². The molecule has 130 valence electrons. The molecule has 1 saturated heterocycles. The largest absolute Gasteiger partial charge is 0.383 e. The van der Waals surface area contributed by atoms with Gasteiger partial charge in [-0.1, -0.05) is 6.92 Å². The van der Waals surface area contributed by atoms with Gasteiger partial charge < -0.3 is 14.5 Å². The lowest BCUT2D eigenvalue weighted by Gasteiger charge is -2.37. The zero-order chi connectivity index (χ0) is 16.8. The number of piperidine rings is 1. The average molecular weight is 322 g/mol. The number of rotatable bonds is 7. The van der Waals surface area contributed by atoms with Crippen molar-refractivity contribution in [3.63, 3.8) is 0 Å². The number of amides is 1. The maximum Gasteiger partial charge on any atom is 0.257 e. The van der Waals surface area contributed by atoms with Gasteiger partial charge in [-0.15, -0.1) is 0 Å². The Hall–Kier alpha value is -1.40. The fourth-order valence-electron chi connectivity index (χ4n) is 3.19. The molecule has 0 aromatic carbocycles. The number of likely N-dealkylation sites (tertiary alicyclic amines) is 1. The van der Waals surface area contributed by atoms with Crippen molar-refractivity contribution in [3.05, 3.63) is 17.5 Å². The van der Waals surface area contributed by atoms with Crippen molar-refractivity contribution in [1.82, 2.24) is 19.6 Å². The third-order valence-electron chi connectivity index (χ3n) is 4.70. The van der Waals surface area contributed by atoms with E-state index in [0.717, 1.165) is 50.2 Å². The summed E-state index contributed by atoms with van der Waals surface area (Å²) in [6, 6.07) is 0.294. The number of nitrogens with zero attached hydrogens (tertiary/aromatic N) is 4. The topological polar surface area (TPSA) is 50.6 Å². The minimum absolute atomic E-state index is 0.0939. The first-order valence-corrected chi connectivity index (χ1v) is 8.59. The van der Waals surface area contributed by atoms with Crippen molar-refractivity contribution in [1.29, 1.82) is 0 Å². The summed E-state index contributed by atoms with van der Waals surface area (Å²) in [5.74, 6) is 0.0939. The molecule has 0 atom stereocenters. The lowest BCUT2D eigenvalue weighted by atomic mass is 10.0. The predicted octanol–water partition coefficient (Wildman–Crippen LogP) is 1.78. The summed E-state index contributed by atoms with van der Waals surface area (Å²) in [6.45, 7) is 8.24. The van der Waals surface area contributed by atoms with Crippen molar-refractivity contribution < 1.29 is 9.53 Å². The van der Waals surface area contributed by atoms with E-state index in [1.807, 2.05) is 16.5 Å². The van der Waals surface area contributed by atoms with Gasteiger partial charge in [0.15, 0.2) is 0 Å². The summed E-state index contributed by atoms with van der Waals surface area (Å²) in [6.07, 6.45) is 4.78. The molecule has 2 rings (SSSR count). The lowest BCUT2D eigenvalue weighted by molar-refractivity contribution is 0.0504. The highest BCUT2D eigenvalue weighted by atomic mass is 16.5. The average Bonchev–Trinajstić information content (AvgIpc) is 2.90. The molecule has 1 amide bonds. The summed E-state index contributed by atoms with van der Waals surface area (Å²) in [4.78, 5) is 17.4. The molecule has 0 aliphatic carbocycles. The van der Waals surface area contributed by atoms with Gasteiger partial charge >= 0.3 is 0 Å². The van der Waals surface area contributed by atoms with Crippen LogP contribution in [0.1, 0.15) is 42.2 Å². The van der Waals surface area contributed by atoms with Crippen LogP contribution in [0.2, 0.25) is 0 Å². The maximum absolute atomic E-state index is 13.1. The molecule has 0 radical (unpaired) electrons. The van der Waals surface area contributed by atoms with Crippen LogP contribution in [0.25, 0.3) is 0 Å². The molecule has 1 fully saturated rings. The van der Waals surface area contributed by atoms with E-state index in [1.54, 1.807) is 13.3 Å². The van der Waals surface area contributed by atoms with E-state index in [1.165, 1.54) is 0 Å². The van der Waals surface area contributed by atoms with Crippen molar-refractivity contribution in [2.45, 2.75) is 45.7 Å². The molecule has 6 nitrogen and oxygen atoms in total. The molecule has 0 saturated carbocycles. The summed E-state index contributed by atoms with van der Waals surface area (Å²) >= 11 is 0. The molecule has 0 bridgehead atoms. The third kappa shape index (κ3) is 4.32. The van der Waals surface area contributed by atoms with Crippen molar-refractivity contribution in [2.75, 3.05) is 40.4 Å². The quantitative estimate of drug-likeness (QED) is 0.768. The first-order chi connectivity index (χ1) is 11.1. The van der Waals surface area contributed by atoms with Gasteiger partial charge in [-0.3, -0.25) is 9.48 Å². The van der Waals surface area contributed by atoms with Gasteiger partial charge in [-0.05, 0) is 46.3 Å². The van der Waals surface area contributed by atoms with Crippen LogP contribution in [0.15, 0.2) is 6.20 Å². The first-order valence-electron chi connectivity index (χ1n) is 8.59. The highest BCUT2D eigenvalue weighted by molar-refractivity contribution is 5.95. The van der Waals surface area contributed by atoms with Crippen LogP contribution >= 0.6 is 0 Å². The highest BCUT2D eigenvalue weighted by Gasteiger charge is 2.29. The highest BCUT2D eigenvalue weighted by Crippen LogP contribution is 2.20. The summed E-state index contributed by atoms with van der Waals surface area (Å²) in [5.41, 5.74) is 1.70. The number of hydrogen-bond acceptors (Lipinski definition) is 4. The second-order valence-electron chi connectivity index (χ2n) is 6.39. The van der Waals surface area contributed by atoms with E-state index in [0.29, 0.717) is 19.2 Å². The Bertz CT molecular complexity index is 507. The fraction of sp³-hybridized carbons (Fsp3) is 0.765. The summed E-state index contributed by atoms with van der Waals surface area (Å²) in [5, 5.41) is 4.38. The number of aromatic nitrogens is 2. The number of aryl methyl sites for hydroxylation is 1. The second-order valence-corrected chi connectivity index (χ2v) is 6.39. The molecule has 1 aliphatic heterocycles. The van der Waals surface area contributed by atoms with Gasteiger partial charge in [-0.25, -0.2) is 0 Å². The molecule has 1 aromatic rings. The van der Waals surface area contributed by atoms with E-state index in [4.69, 9.17) is 4.74 Å². The molecule has 0 N–H and O–H groups in total. The van der Waals surface area contributed by atoms with Gasteiger partial charge in [0.25, 0.3) is 5.91 Å². The number of hydrogen-bond donors (Lipinski definition) is 0. The Morgan fingerprint density at radius 2 is 2.13 bits per heavy atom. The normalized spacial score (nSPS) is 16.7. The molecular weight excluding hydrogens is 292 g/mol. The van der Waals surface area contributed by atoms with Crippen molar-refractivity contribution >= 4 is 5.91 Å². The smallest absolute Gasteiger partial charge is 0.257 e. The van der Waals surface area contributed by atoms with E-state index in [-0.39, 0.29) is 5.91 Å². The zero-order valence-electron chi connectivity index (χ0n) is 14.9. The molecule has 2 heterocycles. The van der Waals surface area contributed by atoms with Gasteiger partial charge in [0.1, 0.15) is 0 Å². The van der Waals surface area contributed by atoms with Crippen LogP contribution in [0.3, 0.4) is 0 Å². The van der Waals surface area contributed by atoms with Crippen molar-refractivity contribution in [2.24, 2.45) is 0 Å². The van der Waals surface area contributed by atoms with E-state index < -0.39 is 0 Å². The monoisotopic (exact) mass is 322 g/mol. The standard InChI is InChI=1S/C17H30N4O2/c1-5-8-21-14(2)16(13-18-21)17(22)20(11-12-23-4)15-6-9-19(3)10-7-15/h13,15H,5-12H2,1-4H3. The molecule has 1 aliphatic rings. The van der Waals surface area contributed by atoms with Crippen LogP contribution in [-0.4, -0.2) is 71.9 Å². The van der Waals surface area contributed by atoms with Gasteiger partial charge in [0, 0.05) is 31.9 Å². The lowest BCUT2D eigenvalue weighted by Crippen LogP contribution is -2.47. The van der Waals surface area contributed by atoms with Gasteiger partial charge in [0.2, 0.25) is 0 Å². The molecule has 6 heteroatoms. The number of methoxy groups -OCH3 is 1. The Kier molecular flexibility index (Phi) is 6.59. The van der Waals surface area contributed by atoms with Crippen LogP contribution in [0.4, 0.5) is 0 Å². The zero-order valence-corrected chi connectivity index (χ0v) is 14.9. The SMILES string of the molecule is CCCn1ncc(C(=O)N(CCOC)C2CCN(C)CC2)c1C. The third-order valence-corrected chi connectivity index (χ3v) is 4.70. The number of carbonyl (C=O) groups is 1. The molecule has 1 aromatic heterocycles. The van der Waals surface area contributed by atoms with Crippen LogP contribution in [-0.2, 0) is 11.3 Å². The van der Waals surface area contributed by atoms with Crippen LogP contribution in [0.5, 0.6) is 0 Å². The van der Waals surface area contributed by atoms with Crippen molar-refractivity contribution in [3.8, 4) is 0 Å². The Morgan fingerprint density at radius 1 is 1.43 bits per heavy atom. The van der Waals surface area contributed by atoms with Crippen LogP contribution in [0, 0.1) is 6.92 Å². The molecule has 0 spiro atoms. The number of ether oxygens (including phenoxy) is 1. The van der Waals surface area contributed by atoms with Gasteiger partial charge in [-0.2, -0.15) is 5.10 Å². The Morgan fingerprint density at radius 3 is 2.74 bits per heavy atom. The van der Waals surface area contributed by atoms with E-state index >= 15 is 0 Å². The minimum Gasteiger partial charge on any atom is -0.383 e. The second kappa shape index (κ2) is 8.45. The molecular formula is C17H30N4O2. The fourth-order valence-corrected chi connectivity index (χ4v) is 3.19. The predicted molar refractivity (Wildman–Crippen MR) is 90.7 cm³/mol. The summed E-state index contributed by atoms with van der Waals surface area (Å²) < 4.78 is 7.15. The Balaban J connectivity index is 2.15.